The van der Waals surface area contributed by atoms with Crippen LogP contribution in [0.15, 0.2) is 16.7 Å². The first-order valence-corrected chi connectivity index (χ1v) is 6.04. The van der Waals surface area contributed by atoms with Gasteiger partial charge in [-0.05, 0) is 44.0 Å². The van der Waals surface area contributed by atoms with Crippen LogP contribution < -0.4 is 0 Å². The maximum Gasteiger partial charge on any atom is 0.228 e. The van der Waals surface area contributed by atoms with E-state index in [-0.39, 0.29) is 11.7 Å². The average molecular weight is 257 g/mol. The van der Waals surface area contributed by atoms with Crippen LogP contribution in [0.1, 0.15) is 23.9 Å². The van der Waals surface area contributed by atoms with Crippen molar-refractivity contribution in [3.05, 3.63) is 29.2 Å². The zero-order chi connectivity index (χ0) is 14.0. The van der Waals surface area contributed by atoms with Crippen LogP contribution in [0.25, 0.3) is 11.4 Å². The number of benzene rings is 1. The van der Waals surface area contributed by atoms with Gasteiger partial charge in [-0.25, -0.2) is 0 Å². The molecule has 19 heavy (non-hydrogen) atoms. The molecule has 1 unspecified atom stereocenters. The first-order valence-electron chi connectivity index (χ1n) is 6.04. The third-order valence-electron chi connectivity index (χ3n) is 2.92. The zero-order valence-electron chi connectivity index (χ0n) is 11.1. The summed E-state index contributed by atoms with van der Waals surface area (Å²) in [5.74, 6) is 1.06. The van der Waals surface area contributed by atoms with Gasteiger partial charge in [0.1, 0.15) is 5.75 Å². The molecule has 1 heterocycles. The Balaban J connectivity index is 2.31. The van der Waals surface area contributed by atoms with Crippen molar-refractivity contribution in [3.63, 3.8) is 0 Å². The molecule has 2 rings (SSSR count). The molecule has 1 N–H and O–H groups in total. The van der Waals surface area contributed by atoms with E-state index in [2.05, 4.69) is 16.2 Å². The molecular formula is C14H15N3O2. The van der Waals surface area contributed by atoms with E-state index in [9.17, 15) is 5.11 Å². The predicted molar refractivity (Wildman–Crippen MR) is 69.4 cm³/mol. The predicted octanol–water partition coefficient (Wildman–Crippen LogP) is 2.76. The fourth-order valence-electron chi connectivity index (χ4n) is 1.85. The summed E-state index contributed by atoms with van der Waals surface area (Å²) >= 11 is 0. The molecule has 0 saturated heterocycles. The van der Waals surface area contributed by atoms with Crippen LogP contribution in [-0.2, 0) is 6.42 Å². The Morgan fingerprint density at radius 3 is 2.58 bits per heavy atom. The highest BCUT2D eigenvalue weighted by atomic mass is 16.5. The molecule has 0 saturated carbocycles. The number of phenolic OH excluding ortho intramolecular Hbond substituents is 1. The summed E-state index contributed by atoms with van der Waals surface area (Å²) in [6.07, 6.45) is 0.444. The van der Waals surface area contributed by atoms with Crippen LogP contribution in [0.4, 0.5) is 0 Å². The molecule has 2 aromatic rings. The molecule has 1 aromatic carbocycles. The highest BCUT2D eigenvalue weighted by Crippen LogP contribution is 2.27. The fraction of sp³-hybridized carbons (Fsp3) is 0.357. The maximum absolute atomic E-state index is 9.73. The number of hydrogen-bond acceptors (Lipinski definition) is 5. The first kappa shape index (κ1) is 13.1. The Hall–Kier alpha value is -2.35. The molecule has 5 heteroatoms. The van der Waals surface area contributed by atoms with Gasteiger partial charge in [0.05, 0.1) is 12.0 Å². The minimum absolute atomic E-state index is 0.156. The molecule has 0 aliphatic heterocycles. The average Bonchev–Trinajstić information content (AvgIpc) is 2.83. The van der Waals surface area contributed by atoms with E-state index in [0.717, 1.165) is 16.7 Å². The molecule has 0 amide bonds. The second kappa shape index (κ2) is 5.11. The monoisotopic (exact) mass is 257 g/mol. The van der Waals surface area contributed by atoms with Crippen LogP contribution >= 0.6 is 0 Å². The van der Waals surface area contributed by atoms with Crippen LogP contribution in [0.5, 0.6) is 5.75 Å². The van der Waals surface area contributed by atoms with Gasteiger partial charge in [0.2, 0.25) is 11.7 Å². The van der Waals surface area contributed by atoms with E-state index < -0.39 is 0 Å². The third kappa shape index (κ3) is 2.74. The van der Waals surface area contributed by atoms with E-state index >= 15 is 0 Å². The highest BCUT2D eigenvalue weighted by Gasteiger charge is 2.13. The van der Waals surface area contributed by atoms with Gasteiger partial charge in [-0.2, -0.15) is 10.2 Å². The lowest BCUT2D eigenvalue weighted by Gasteiger charge is -2.04. The summed E-state index contributed by atoms with van der Waals surface area (Å²) in [7, 11) is 0. The molecule has 0 aliphatic carbocycles. The molecular weight excluding hydrogens is 242 g/mol. The fourth-order valence-corrected chi connectivity index (χ4v) is 1.85. The summed E-state index contributed by atoms with van der Waals surface area (Å²) in [5.41, 5.74) is 2.34. The summed E-state index contributed by atoms with van der Waals surface area (Å²) in [5, 5.41) is 22.4. The van der Waals surface area contributed by atoms with Gasteiger partial charge in [0.25, 0.3) is 0 Å². The van der Waals surface area contributed by atoms with Gasteiger partial charge in [-0.1, -0.05) is 5.16 Å². The van der Waals surface area contributed by atoms with Crippen molar-refractivity contribution in [3.8, 4) is 23.2 Å². The van der Waals surface area contributed by atoms with Gasteiger partial charge in [0.15, 0.2) is 0 Å². The number of phenols is 1. The van der Waals surface area contributed by atoms with Gasteiger partial charge < -0.3 is 9.63 Å². The second-order valence-electron chi connectivity index (χ2n) is 4.70. The van der Waals surface area contributed by atoms with Crippen molar-refractivity contribution >= 4 is 0 Å². The van der Waals surface area contributed by atoms with E-state index in [0.29, 0.717) is 18.1 Å². The zero-order valence-corrected chi connectivity index (χ0v) is 11.1. The highest BCUT2D eigenvalue weighted by molar-refractivity contribution is 5.60. The third-order valence-corrected chi connectivity index (χ3v) is 2.92. The van der Waals surface area contributed by atoms with Crippen molar-refractivity contribution in [1.82, 2.24) is 10.1 Å². The largest absolute Gasteiger partial charge is 0.507 e. The van der Waals surface area contributed by atoms with Gasteiger partial charge in [-0.3, -0.25) is 0 Å². The van der Waals surface area contributed by atoms with Crippen LogP contribution in [0.3, 0.4) is 0 Å². The summed E-state index contributed by atoms with van der Waals surface area (Å²) < 4.78 is 5.13. The van der Waals surface area contributed by atoms with Crippen molar-refractivity contribution in [2.75, 3.05) is 0 Å². The Labute approximate surface area is 111 Å². The van der Waals surface area contributed by atoms with Crippen molar-refractivity contribution in [1.29, 1.82) is 5.26 Å². The van der Waals surface area contributed by atoms with Crippen LogP contribution in [-0.4, -0.2) is 15.2 Å². The van der Waals surface area contributed by atoms with Crippen molar-refractivity contribution < 1.29 is 9.63 Å². The number of nitrogens with zero attached hydrogens (tertiary/aromatic N) is 3. The molecule has 0 radical (unpaired) electrons. The number of nitriles is 1. The summed E-state index contributed by atoms with van der Waals surface area (Å²) in [4.78, 5) is 4.27. The minimum atomic E-state index is -0.156. The Kier molecular flexibility index (Phi) is 3.52. The van der Waals surface area contributed by atoms with Crippen molar-refractivity contribution in [2.24, 2.45) is 5.92 Å². The summed E-state index contributed by atoms with van der Waals surface area (Å²) in [6, 6.07) is 5.75. The lowest BCUT2D eigenvalue weighted by atomic mass is 10.1. The molecule has 1 aromatic heterocycles. The molecule has 5 nitrogen and oxygen atoms in total. The van der Waals surface area contributed by atoms with Crippen LogP contribution in [0, 0.1) is 31.1 Å². The second-order valence-corrected chi connectivity index (χ2v) is 4.70. The Morgan fingerprint density at radius 1 is 1.37 bits per heavy atom. The van der Waals surface area contributed by atoms with Gasteiger partial charge >= 0.3 is 0 Å². The van der Waals surface area contributed by atoms with Crippen LogP contribution in [0.2, 0.25) is 0 Å². The minimum Gasteiger partial charge on any atom is -0.507 e. The van der Waals surface area contributed by atoms with Gasteiger partial charge in [-0.15, -0.1) is 0 Å². The number of rotatable bonds is 3. The molecule has 0 spiro atoms. The SMILES string of the molecule is Cc1cc(-c2noc(CC(C)C#N)n2)cc(C)c1O. The molecule has 0 bridgehead atoms. The van der Waals surface area contributed by atoms with E-state index in [1.165, 1.54) is 0 Å². The smallest absolute Gasteiger partial charge is 0.228 e. The summed E-state index contributed by atoms with van der Waals surface area (Å²) in [6.45, 7) is 5.45. The first-order chi connectivity index (χ1) is 9.01. The van der Waals surface area contributed by atoms with E-state index in [1.807, 2.05) is 26.0 Å². The van der Waals surface area contributed by atoms with Crippen molar-refractivity contribution in [2.45, 2.75) is 27.2 Å². The molecule has 0 fully saturated rings. The normalized spacial score (nSPS) is 12.1. The lowest BCUT2D eigenvalue weighted by molar-refractivity contribution is 0.369. The maximum atomic E-state index is 9.73. The van der Waals surface area contributed by atoms with E-state index in [1.54, 1.807) is 6.92 Å². The number of aromatic hydroxyl groups is 1. The standard InChI is InChI=1S/C14H15N3O2/c1-8(7-15)4-12-16-14(17-19-12)11-5-9(2)13(18)10(3)6-11/h5-6,8,18H,4H2,1-3H3. The number of hydrogen-bond donors (Lipinski definition) is 1. The van der Waals surface area contributed by atoms with E-state index in [4.69, 9.17) is 9.78 Å². The number of aryl methyl sites for hydroxylation is 2. The molecule has 98 valence electrons. The topological polar surface area (TPSA) is 82.9 Å². The molecule has 0 aliphatic rings. The Bertz CT molecular complexity index is 617. The quantitative estimate of drug-likeness (QED) is 0.914. The molecule has 1 atom stereocenters. The lowest BCUT2D eigenvalue weighted by Crippen LogP contribution is -1.96. The number of aromatic nitrogens is 2. The van der Waals surface area contributed by atoms with Gasteiger partial charge in [0, 0.05) is 12.0 Å². The Morgan fingerprint density at radius 2 is 2.00 bits per heavy atom.